The zero-order valence-electron chi connectivity index (χ0n) is 10.3. The Balaban J connectivity index is 1.73. The molecule has 1 N–H and O–H groups in total. The van der Waals surface area contributed by atoms with Crippen molar-refractivity contribution in [3.8, 4) is 0 Å². The number of rotatable bonds is 3. The van der Waals surface area contributed by atoms with Crippen LogP contribution in [0.2, 0.25) is 0 Å². The number of amides is 2. The van der Waals surface area contributed by atoms with Crippen LogP contribution in [0.15, 0.2) is 22.8 Å². The van der Waals surface area contributed by atoms with E-state index in [0.717, 1.165) is 23.0 Å². The second-order valence-corrected chi connectivity index (χ2v) is 5.96. The third-order valence-electron chi connectivity index (χ3n) is 3.46. The molecule has 1 unspecified atom stereocenters. The first kappa shape index (κ1) is 12.6. The molecular weight excluding hydrogens is 310 g/mol. The summed E-state index contributed by atoms with van der Waals surface area (Å²) < 4.78 is 0.898. The average molecular weight is 324 g/mol. The molecule has 2 fully saturated rings. The fourth-order valence-electron chi connectivity index (χ4n) is 2.31. The lowest BCUT2D eigenvalue weighted by atomic mass is 10.1. The highest BCUT2D eigenvalue weighted by atomic mass is 79.9. The molecule has 1 saturated heterocycles. The lowest BCUT2D eigenvalue weighted by Gasteiger charge is -2.32. The van der Waals surface area contributed by atoms with Gasteiger partial charge in [-0.05, 0) is 46.8 Å². The standard InChI is InChI=1S/C13H14BrN3O2/c14-9-3-4-10(15-5-9)6-17-7-11(18)16-12(13(17)19)8-1-2-8/h3-5,8,12H,1-2,6-7H2,(H,16,18). The molecule has 1 atom stereocenters. The van der Waals surface area contributed by atoms with E-state index >= 15 is 0 Å². The van der Waals surface area contributed by atoms with Crippen molar-refractivity contribution in [1.29, 1.82) is 0 Å². The Bertz CT molecular complexity index is 513. The van der Waals surface area contributed by atoms with Gasteiger partial charge in [-0.15, -0.1) is 0 Å². The maximum Gasteiger partial charge on any atom is 0.246 e. The third kappa shape index (κ3) is 2.78. The van der Waals surface area contributed by atoms with Crippen molar-refractivity contribution < 1.29 is 9.59 Å². The minimum absolute atomic E-state index is 0.0202. The molecule has 0 radical (unpaired) electrons. The molecule has 2 amide bonds. The van der Waals surface area contributed by atoms with Gasteiger partial charge in [-0.25, -0.2) is 0 Å². The molecule has 1 aliphatic carbocycles. The van der Waals surface area contributed by atoms with Crippen LogP contribution in [-0.2, 0) is 16.1 Å². The monoisotopic (exact) mass is 323 g/mol. The van der Waals surface area contributed by atoms with Gasteiger partial charge in [0.05, 0.1) is 12.2 Å². The van der Waals surface area contributed by atoms with E-state index in [1.54, 1.807) is 11.1 Å². The van der Waals surface area contributed by atoms with E-state index in [9.17, 15) is 9.59 Å². The number of pyridine rings is 1. The van der Waals surface area contributed by atoms with Gasteiger partial charge in [0, 0.05) is 10.7 Å². The number of nitrogens with zero attached hydrogens (tertiary/aromatic N) is 2. The Labute approximate surface area is 119 Å². The van der Waals surface area contributed by atoms with Gasteiger partial charge < -0.3 is 10.2 Å². The molecule has 0 spiro atoms. The number of nitrogens with one attached hydrogen (secondary N) is 1. The maximum absolute atomic E-state index is 12.3. The minimum atomic E-state index is -0.323. The van der Waals surface area contributed by atoms with Crippen LogP contribution in [-0.4, -0.2) is 34.3 Å². The van der Waals surface area contributed by atoms with Crippen molar-refractivity contribution >= 4 is 27.7 Å². The van der Waals surface area contributed by atoms with Crippen molar-refractivity contribution in [3.63, 3.8) is 0 Å². The van der Waals surface area contributed by atoms with Crippen LogP contribution in [0.3, 0.4) is 0 Å². The summed E-state index contributed by atoms with van der Waals surface area (Å²) in [5.74, 6) is 0.276. The van der Waals surface area contributed by atoms with E-state index in [-0.39, 0.29) is 24.4 Å². The quantitative estimate of drug-likeness (QED) is 0.905. The summed E-state index contributed by atoms with van der Waals surface area (Å²) in [7, 11) is 0. The Morgan fingerprint density at radius 2 is 2.16 bits per heavy atom. The fraction of sp³-hybridized carbons (Fsp3) is 0.462. The summed E-state index contributed by atoms with van der Waals surface area (Å²) in [6.07, 6.45) is 3.75. The zero-order chi connectivity index (χ0) is 13.4. The lowest BCUT2D eigenvalue weighted by molar-refractivity contribution is -0.145. The number of carbonyl (C=O) groups is 2. The van der Waals surface area contributed by atoms with E-state index < -0.39 is 0 Å². The molecule has 100 valence electrons. The molecule has 2 heterocycles. The molecule has 1 saturated carbocycles. The van der Waals surface area contributed by atoms with Crippen LogP contribution in [0.1, 0.15) is 18.5 Å². The van der Waals surface area contributed by atoms with E-state index in [1.165, 1.54) is 0 Å². The number of piperazine rings is 1. The van der Waals surface area contributed by atoms with Crippen LogP contribution < -0.4 is 5.32 Å². The van der Waals surface area contributed by atoms with E-state index in [1.807, 2.05) is 12.1 Å². The molecule has 19 heavy (non-hydrogen) atoms. The van der Waals surface area contributed by atoms with Crippen LogP contribution in [0.5, 0.6) is 0 Å². The van der Waals surface area contributed by atoms with Crippen LogP contribution >= 0.6 is 15.9 Å². The normalized spacial score (nSPS) is 23.4. The average Bonchev–Trinajstić information content (AvgIpc) is 3.20. The van der Waals surface area contributed by atoms with Crippen molar-refractivity contribution in [2.75, 3.05) is 6.54 Å². The lowest BCUT2D eigenvalue weighted by Crippen LogP contribution is -2.58. The van der Waals surface area contributed by atoms with Gasteiger partial charge in [-0.1, -0.05) is 0 Å². The molecule has 1 aromatic heterocycles. The molecular formula is C13H14BrN3O2. The Hall–Kier alpha value is -1.43. The zero-order valence-corrected chi connectivity index (χ0v) is 11.9. The summed E-state index contributed by atoms with van der Waals surface area (Å²) in [5, 5.41) is 2.79. The van der Waals surface area contributed by atoms with Crippen molar-refractivity contribution in [2.24, 2.45) is 5.92 Å². The number of aromatic nitrogens is 1. The van der Waals surface area contributed by atoms with Gasteiger partial charge in [-0.3, -0.25) is 14.6 Å². The van der Waals surface area contributed by atoms with Crippen molar-refractivity contribution in [1.82, 2.24) is 15.2 Å². The van der Waals surface area contributed by atoms with E-state index in [4.69, 9.17) is 0 Å². The number of hydrogen-bond acceptors (Lipinski definition) is 3. The first-order valence-corrected chi connectivity index (χ1v) is 7.11. The van der Waals surface area contributed by atoms with Gasteiger partial charge in [0.1, 0.15) is 12.6 Å². The Morgan fingerprint density at radius 1 is 1.37 bits per heavy atom. The number of hydrogen-bond donors (Lipinski definition) is 1. The molecule has 6 heteroatoms. The van der Waals surface area contributed by atoms with Gasteiger partial charge in [0.2, 0.25) is 11.8 Å². The van der Waals surface area contributed by atoms with Crippen molar-refractivity contribution in [3.05, 3.63) is 28.5 Å². The van der Waals surface area contributed by atoms with Crippen molar-refractivity contribution in [2.45, 2.75) is 25.4 Å². The summed E-state index contributed by atoms with van der Waals surface area (Å²) in [5.41, 5.74) is 0.792. The molecule has 1 aromatic rings. The van der Waals surface area contributed by atoms with Crippen LogP contribution in [0, 0.1) is 5.92 Å². The van der Waals surface area contributed by atoms with Crippen LogP contribution in [0.25, 0.3) is 0 Å². The van der Waals surface area contributed by atoms with Crippen LogP contribution in [0.4, 0.5) is 0 Å². The third-order valence-corrected chi connectivity index (χ3v) is 3.93. The predicted octanol–water partition coefficient (Wildman–Crippen LogP) is 1.08. The second kappa shape index (κ2) is 4.92. The Morgan fingerprint density at radius 3 is 2.79 bits per heavy atom. The summed E-state index contributed by atoms with van der Waals surface area (Å²) in [6, 6.07) is 3.42. The predicted molar refractivity (Wildman–Crippen MR) is 72.0 cm³/mol. The minimum Gasteiger partial charge on any atom is -0.342 e. The summed E-state index contributed by atoms with van der Waals surface area (Å²) in [4.78, 5) is 29.8. The highest BCUT2D eigenvalue weighted by Gasteiger charge is 2.42. The molecule has 1 aliphatic heterocycles. The van der Waals surface area contributed by atoms with Gasteiger partial charge >= 0.3 is 0 Å². The van der Waals surface area contributed by atoms with Gasteiger partial charge in [0.15, 0.2) is 0 Å². The maximum atomic E-state index is 12.3. The largest absolute Gasteiger partial charge is 0.342 e. The molecule has 5 nitrogen and oxygen atoms in total. The molecule has 2 aliphatic rings. The highest BCUT2D eigenvalue weighted by Crippen LogP contribution is 2.34. The molecule has 3 rings (SSSR count). The Kier molecular flexibility index (Phi) is 3.26. The smallest absolute Gasteiger partial charge is 0.246 e. The topological polar surface area (TPSA) is 62.3 Å². The highest BCUT2D eigenvalue weighted by molar-refractivity contribution is 9.10. The van der Waals surface area contributed by atoms with E-state index in [2.05, 4.69) is 26.2 Å². The first-order chi connectivity index (χ1) is 9.13. The van der Waals surface area contributed by atoms with Gasteiger partial charge in [0.25, 0.3) is 0 Å². The van der Waals surface area contributed by atoms with Gasteiger partial charge in [-0.2, -0.15) is 0 Å². The summed E-state index contributed by atoms with van der Waals surface area (Å²) in [6.45, 7) is 0.516. The second-order valence-electron chi connectivity index (χ2n) is 5.04. The number of carbonyl (C=O) groups excluding carboxylic acids is 2. The molecule has 0 bridgehead atoms. The van der Waals surface area contributed by atoms with E-state index in [0.29, 0.717) is 12.5 Å². The summed E-state index contributed by atoms with van der Waals surface area (Å²) >= 11 is 3.32. The fourth-order valence-corrected chi connectivity index (χ4v) is 2.54. The number of halogens is 1. The SMILES string of the molecule is O=C1CN(Cc2ccc(Br)cn2)C(=O)C(C2CC2)N1. The molecule has 0 aromatic carbocycles. The first-order valence-electron chi connectivity index (χ1n) is 6.32.